The van der Waals surface area contributed by atoms with E-state index in [0.29, 0.717) is 5.56 Å². The lowest BCUT2D eigenvalue weighted by atomic mass is 9.77. The Bertz CT molecular complexity index is 594. The van der Waals surface area contributed by atoms with E-state index >= 15 is 0 Å². The first-order chi connectivity index (χ1) is 10.0. The number of alkyl halides is 3. The van der Waals surface area contributed by atoms with E-state index in [1.54, 1.807) is 30.3 Å². The summed E-state index contributed by atoms with van der Waals surface area (Å²) in [6.45, 7) is -0.0833. The third-order valence-corrected chi connectivity index (χ3v) is 4.27. The van der Waals surface area contributed by atoms with Crippen LogP contribution in [0.4, 0.5) is 13.2 Å². The Morgan fingerprint density at radius 1 is 0.905 bits per heavy atom. The fourth-order valence-electron chi connectivity index (χ4n) is 3.07. The van der Waals surface area contributed by atoms with Gasteiger partial charge in [-0.05, 0) is 17.5 Å². The van der Waals surface area contributed by atoms with E-state index in [1.165, 1.54) is 0 Å². The van der Waals surface area contributed by atoms with Crippen molar-refractivity contribution < 1.29 is 13.2 Å². The smallest absolute Gasteiger partial charge is 0.309 e. The minimum Gasteiger partial charge on any atom is -0.309 e. The van der Waals surface area contributed by atoms with Gasteiger partial charge in [0.05, 0.1) is 0 Å². The van der Waals surface area contributed by atoms with Crippen molar-refractivity contribution in [2.75, 3.05) is 6.54 Å². The van der Waals surface area contributed by atoms with Gasteiger partial charge in [-0.2, -0.15) is 13.2 Å². The normalized spacial score (nSPS) is 26.0. The molecule has 0 aromatic heterocycles. The molecule has 1 heterocycles. The summed E-state index contributed by atoms with van der Waals surface area (Å²) in [5, 5.41) is 3.05. The fourth-order valence-corrected chi connectivity index (χ4v) is 3.07. The number of hydrogen-bond acceptors (Lipinski definition) is 1. The van der Waals surface area contributed by atoms with Crippen LogP contribution in [0.5, 0.6) is 0 Å². The van der Waals surface area contributed by atoms with Gasteiger partial charge in [0.1, 0.15) is 5.41 Å². The van der Waals surface area contributed by atoms with Crippen LogP contribution in [-0.4, -0.2) is 12.7 Å². The molecule has 4 heteroatoms. The van der Waals surface area contributed by atoms with Gasteiger partial charge >= 0.3 is 6.18 Å². The second-order valence-electron chi connectivity index (χ2n) is 5.49. The maximum atomic E-state index is 13.8. The van der Waals surface area contributed by atoms with Crippen molar-refractivity contribution in [3.8, 4) is 0 Å². The molecule has 2 aromatic rings. The monoisotopic (exact) mass is 291 g/mol. The van der Waals surface area contributed by atoms with E-state index in [-0.39, 0.29) is 19.0 Å². The molecule has 2 atom stereocenters. The van der Waals surface area contributed by atoms with E-state index in [9.17, 15) is 13.2 Å². The second kappa shape index (κ2) is 5.19. The molecule has 2 aromatic carbocycles. The first-order valence-corrected chi connectivity index (χ1v) is 6.93. The average molecular weight is 291 g/mol. The Kier molecular flexibility index (Phi) is 3.49. The Balaban J connectivity index is 1.98. The third-order valence-electron chi connectivity index (χ3n) is 4.27. The van der Waals surface area contributed by atoms with Crippen LogP contribution in [0.15, 0.2) is 60.7 Å². The number of benzene rings is 2. The van der Waals surface area contributed by atoms with E-state index < -0.39 is 11.6 Å². The molecule has 21 heavy (non-hydrogen) atoms. The van der Waals surface area contributed by atoms with E-state index in [4.69, 9.17) is 0 Å². The Hall–Kier alpha value is -1.81. The molecule has 1 fully saturated rings. The molecular formula is C17H16F3N. The number of nitrogens with one attached hydrogen (secondary N) is 1. The van der Waals surface area contributed by atoms with Crippen LogP contribution in [0.2, 0.25) is 0 Å². The standard InChI is InChI=1S/C17H16F3N/c18-17(19,20)16(14-9-5-2-6-10-14)11-15(21-12-16)13-7-3-1-4-8-13/h1-10,15,21H,11-12H2. The maximum absolute atomic E-state index is 13.8. The molecular weight excluding hydrogens is 275 g/mol. The molecule has 1 nitrogen and oxygen atoms in total. The first kappa shape index (κ1) is 14.1. The SMILES string of the molecule is FC(F)(F)C1(c2ccccc2)CNC(c2ccccc2)C1. The quantitative estimate of drug-likeness (QED) is 0.873. The average Bonchev–Trinajstić information content (AvgIpc) is 2.95. The van der Waals surface area contributed by atoms with Crippen molar-refractivity contribution in [3.05, 3.63) is 71.8 Å². The molecule has 110 valence electrons. The lowest BCUT2D eigenvalue weighted by molar-refractivity contribution is -0.185. The van der Waals surface area contributed by atoms with Gasteiger partial charge in [0, 0.05) is 12.6 Å². The summed E-state index contributed by atoms with van der Waals surface area (Å²) in [7, 11) is 0. The number of halogens is 3. The van der Waals surface area contributed by atoms with Crippen molar-refractivity contribution >= 4 is 0 Å². The molecule has 0 bridgehead atoms. The summed E-state index contributed by atoms with van der Waals surface area (Å²) in [6, 6.07) is 17.3. The number of rotatable bonds is 2. The summed E-state index contributed by atoms with van der Waals surface area (Å²) in [5.74, 6) is 0. The topological polar surface area (TPSA) is 12.0 Å². The molecule has 0 spiro atoms. The summed E-state index contributed by atoms with van der Waals surface area (Å²) < 4.78 is 41.3. The van der Waals surface area contributed by atoms with Crippen LogP contribution in [0, 0.1) is 0 Å². The first-order valence-electron chi connectivity index (χ1n) is 6.93. The molecule has 0 aliphatic carbocycles. The fraction of sp³-hybridized carbons (Fsp3) is 0.294. The predicted molar refractivity (Wildman–Crippen MR) is 76.0 cm³/mol. The van der Waals surface area contributed by atoms with Gasteiger partial charge in [-0.15, -0.1) is 0 Å². The molecule has 1 aliphatic heterocycles. The van der Waals surface area contributed by atoms with Gasteiger partial charge in [-0.25, -0.2) is 0 Å². The lowest BCUT2D eigenvalue weighted by Crippen LogP contribution is -2.44. The molecule has 0 radical (unpaired) electrons. The molecule has 1 saturated heterocycles. The van der Waals surface area contributed by atoms with E-state index in [0.717, 1.165) is 5.56 Å². The van der Waals surface area contributed by atoms with Crippen LogP contribution in [0.25, 0.3) is 0 Å². The molecule has 1 aliphatic rings. The van der Waals surface area contributed by atoms with Crippen LogP contribution in [0.1, 0.15) is 23.6 Å². The molecule has 3 rings (SSSR count). The highest BCUT2D eigenvalue weighted by Crippen LogP contribution is 2.49. The van der Waals surface area contributed by atoms with E-state index in [1.807, 2.05) is 30.3 Å². The summed E-state index contributed by atoms with van der Waals surface area (Å²) in [5.41, 5.74) is -0.572. The summed E-state index contributed by atoms with van der Waals surface area (Å²) >= 11 is 0. The molecule has 2 unspecified atom stereocenters. The maximum Gasteiger partial charge on any atom is 0.399 e. The van der Waals surface area contributed by atoms with E-state index in [2.05, 4.69) is 5.32 Å². The van der Waals surface area contributed by atoms with Gasteiger partial charge < -0.3 is 5.32 Å². The Morgan fingerprint density at radius 3 is 2.05 bits per heavy atom. The van der Waals surface area contributed by atoms with Crippen LogP contribution < -0.4 is 5.32 Å². The van der Waals surface area contributed by atoms with Crippen molar-refractivity contribution in [1.29, 1.82) is 0 Å². The van der Waals surface area contributed by atoms with Gasteiger partial charge in [0.15, 0.2) is 0 Å². The third kappa shape index (κ3) is 2.44. The zero-order valence-electron chi connectivity index (χ0n) is 11.4. The molecule has 1 N–H and O–H groups in total. The zero-order valence-corrected chi connectivity index (χ0v) is 11.4. The summed E-state index contributed by atoms with van der Waals surface area (Å²) in [4.78, 5) is 0. The van der Waals surface area contributed by atoms with Crippen molar-refractivity contribution in [1.82, 2.24) is 5.32 Å². The summed E-state index contributed by atoms with van der Waals surface area (Å²) in [6.07, 6.45) is -4.24. The predicted octanol–water partition coefficient (Wildman–Crippen LogP) is 4.22. The van der Waals surface area contributed by atoms with Gasteiger partial charge in [-0.1, -0.05) is 60.7 Å². The minimum atomic E-state index is -4.27. The highest BCUT2D eigenvalue weighted by atomic mass is 19.4. The Labute approximate surface area is 121 Å². The minimum absolute atomic E-state index is 0.0323. The molecule has 0 saturated carbocycles. The second-order valence-corrected chi connectivity index (χ2v) is 5.49. The van der Waals surface area contributed by atoms with Gasteiger partial charge in [-0.3, -0.25) is 0 Å². The van der Waals surface area contributed by atoms with Crippen LogP contribution in [0.3, 0.4) is 0 Å². The van der Waals surface area contributed by atoms with Crippen LogP contribution in [-0.2, 0) is 5.41 Å². The van der Waals surface area contributed by atoms with Crippen molar-refractivity contribution in [2.24, 2.45) is 0 Å². The number of hydrogen-bond donors (Lipinski definition) is 1. The lowest BCUT2D eigenvalue weighted by Gasteiger charge is -2.31. The van der Waals surface area contributed by atoms with Gasteiger partial charge in [0.25, 0.3) is 0 Å². The Morgan fingerprint density at radius 2 is 1.48 bits per heavy atom. The van der Waals surface area contributed by atoms with Crippen molar-refractivity contribution in [3.63, 3.8) is 0 Å². The molecule has 0 amide bonds. The largest absolute Gasteiger partial charge is 0.399 e. The highest BCUT2D eigenvalue weighted by Gasteiger charge is 2.59. The van der Waals surface area contributed by atoms with Crippen molar-refractivity contribution in [2.45, 2.75) is 24.1 Å². The van der Waals surface area contributed by atoms with Crippen LogP contribution >= 0.6 is 0 Å². The highest BCUT2D eigenvalue weighted by molar-refractivity contribution is 5.33. The van der Waals surface area contributed by atoms with Gasteiger partial charge in [0.2, 0.25) is 0 Å². The zero-order chi connectivity index (χ0) is 14.9.